The van der Waals surface area contributed by atoms with Crippen molar-refractivity contribution in [2.75, 3.05) is 0 Å². The summed E-state index contributed by atoms with van der Waals surface area (Å²) in [5.74, 6) is 0.542. The minimum Gasteiger partial charge on any atom is -0.299 e. The summed E-state index contributed by atoms with van der Waals surface area (Å²) in [6, 6.07) is 9.63. The third-order valence-corrected chi connectivity index (χ3v) is 3.53. The van der Waals surface area contributed by atoms with Gasteiger partial charge in [-0.1, -0.05) is 48.0 Å². The number of aromatic amines is 1. The molecule has 18 heavy (non-hydrogen) atoms. The number of hydrogen-bond acceptors (Lipinski definition) is 1. The Kier molecular flexibility index (Phi) is 4.07. The number of nitrogens with one attached hydrogen (secondary N) is 1. The first-order chi connectivity index (χ1) is 8.56. The van der Waals surface area contributed by atoms with Crippen LogP contribution in [0.3, 0.4) is 0 Å². The van der Waals surface area contributed by atoms with Crippen LogP contribution < -0.4 is 5.56 Å². The van der Waals surface area contributed by atoms with E-state index >= 15 is 0 Å². The lowest BCUT2D eigenvalue weighted by atomic mass is 10.1. The summed E-state index contributed by atoms with van der Waals surface area (Å²) in [5.41, 5.74) is 2.13. The van der Waals surface area contributed by atoms with E-state index < -0.39 is 0 Å². The molecule has 0 aliphatic carbocycles. The van der Waals surface area contributed by atoms with Crippen LogP contribution in [0.25, 0.3) is 0 Å². The summed E-state index contributed by atoms with van der Waals surface area (Å²) in [6.07, 6.45) is 0.901. The molecule has 3 nitrogen and oxygen atoms in total. The van der Waals surface area contributed by atoms with Gasteiger partial charge < -0.3 is 0 Å². The second-order valence-corrected chi connectivity index (χ2v) is 5.75. The van der Waals surface area contributed by atoms with Crippen molar-refractivity contribution in [2.24, 2.45) is 5.92 Å². The van der Waals surface area contributed by atoms with Crippen molar-refractivity contribution in [1.82, 2.24) is 9.78 Å². The molecule has 0 amide bonds. The van der Waals surface area contributed by atoms with E-state index in [-0.39, 0.29) is 5.56 Å². The average Bonchev–Trinajstić information content (AvgIpc) is 2.61. The molecule has 0 saturated carbocycles. The monoisotopic (exact) mass is 308 g/mol. The van der Waals surface area contributed by atoms with Gasteiger partial charge in [-0.25, -0.2) is 4.68 Å². The number of H-pyrrole nitrogens is 1. The molecule has 1 N–H and O–H groups in total. The van der Waals surface area contributed by atoms with Gasteiger partial charge in [-0.05, 0) is 24.0 Å². The Morgan fingerprint density at radius 2 is 2.06 bits per heavy atom. The molecule has 2 aromatic rings. The van der Waals surface area contributed by atoms with Crippen LogP contribution in [-0.4, -0.2) is 9.78 Å². The summed E-state index contributed by atoms with van der Waals surface area (Å²) in [7, 11) is 0. The van der Waals surface area contributed by atoms with Crippen molar-refractivity contribution in [1.29, 1.82) is 0 Å². The third kappa shape index (κ3) is 3.13. The Morgan fingerprint density at radius 3 is 2.72 bits per heavy atom. The van der Waals surface area contributed by atoms with Gasteiger partial charge in [0.15, 0.2) is 0 Å². The van der Waals surface area contributed by atoms with Gasteiger partial charge in [0.1, 0.15) is 0 Å². The third-order valence-electron chi connectivity index (χ3n) is 2.76. The van der Waals surface area contributed by atoms with Gasteiger partial charge in [0, 0.05) is 16.2 Å². The molecule has 1 aromatic heterocycles. The van der Waals surface area contributed by atoms with Gasteiger partial charge in [0.2, 0.25) is 0 Å². The van der Waals surface area contributed by atoms with E-state index in [0.717, 1.165) is 22.2 Å². The van der Waals surface area contributed by atoms with E-state index in [1.54, 1.807) is 10.7 Å². The Hall–Kier alpha value is -1.29. The number of halogens is 1. The van der Waals surface area contributed by atoms with Crippen LogP contribution >= 0.6 is 15.9 Å². The summed E-state index contributed by atoms with van der Waals surface area (Å²) in [5, 5.41) is 3.17. The van der Waals surface area contributed by atoms with Crippen molar-refractivity contribution in [3.8, 4) is 0 Å². The summed E-state index contributed by atoms with van der Waals surface area (Å²) < 4.78 is 2.68. The number of rotatable bonds is 4. The van der Waals surface area contributed by atoms with E-state index in [0.29, 0.717) is 12.5 Å². The predicted molar refractivity (Wildman–Crippen MR) is 76.8 cm³/mol. The zero-order valence-corrected chi connectivity index (χ0v) is 12.2. The predicted octanol–water partition coefficient (Wildman–Crippen LogP) is 3.19. The minimum absolute atomic E-state index is 0.0291. The lowest BCUT2D eigenvalue weighted by Crippen LogP contribution is -2.16. The molecular formula is C14H17BrN2O. The molecule has 0 radical (unpaired) electrons. The first kappa shape index (κ1) is 13.1. The Bertz CT molecular complexity index is 583. The van der Waals surface area contributed by atoms with Crippen LogP contribution in [0.1, 0.15) is 25.1 Å². The highest BCUT2D eigenvalue weighted by molar-refractivity contribution is 9.10. The van der Waals surface area contributed by atoms with Gasteiger partial charge in [0.25, 0.3) is 5.56 Å². The maximum Gasteiger partial charge on any atom is 0.267 e. The topological polar surface area (TPSA) is 37.8 Å². The van der Waals surface area contributed by atoms with Gasteiger partial charge in [-0.3, -0.25) is 9.89 Å². The number of hydrogen-bond donors (Lipinski definition) is 1. The van der Waals surface area contributed by atoms with Crippen LogP contribution in [0.15, 0.2) is 39.6 Å². The molecule has 1 aromatic carbocycles. The molecule has 0 aliphatic heterocycles. The van der Waals surface area contributed by atoms with E-state index in [4.69, 9.17) is 0 Å². The van der Waals surface area contributed by atoms with E-state index in [1.165, 1.54) is 0 Å². The molecule has 0 spiro atoms. The molecular weight excluding hydrogens is 292 g/mol. The molecule has 2 rings (SSSR count). The number of benzene rings is 1. The standard InChI is InChI=1S/C14H17BrN2O/c1-10(2)7-12-8-14(18)17(16-12)9-11-5-3-4-6-13(11)15/h3-6,8,10,16H,7,9H2,1-2H3. The maximum absolute atomic E-state index is 11.9. The quantitative estimate of drug-likeness (QED) is 0.925. The van der Waals surface area contributed by atoms with Crippen molar-refractivity contribution < 1.29 is 0 Å². The smallest absolute Gasteiger partial charge is 0.267 e. The fourth-order valence-corrected chi connectivity index (χ4v) is 2.36. The molecule has 0 atom stereocenters. The summed E-state index contributed by atoms with van der Waals surface area (Å²) >= 11 is 3.50. The van der Waals surface area contributed by atoms with Crippen molar-refractivity contribution in [2.45, 2.75) is 26.8 Å². The zero-order chi connectivity index (χ0) is 13.1. The summed E-state index contributed by atoms with van der Waals surface area (Å²) in [4.78, 5) is 11.9. The van der Waals surface area contributed by atoms with Gasteiger partial charge >= 0.3 is 0 Å². The number of aromatic nitrogens is 2. The van der Waals surface area contributed by atoms with E-state index in [2.05, 4.69) is 34.9 Å². The second-order valence-electron chi connectivity index (χ2n) is 4.90. The molecule has 96 valence electrons. The van der Waals surface area contributed by atoms with Crippen LogP contribution in [-0.2, 0) is 13.0 Å². The first-order valence-electron chi connectivity index (χ1n) is 6.08. The molecule has 0 aliphatic rings. The maximum atomic E-state index is 11.9. The Labute approximate surface area is 115 Å². The van der Waals surface area contributed by atoms with Crippen molar-refractivity contribution >= 4 is 15.9 Å². The van der Waals surface area contributed by atoms with Crippen LogP contribution in [0.5, 0.6) is 0 Å². The van der Waals surface area contributed by atoms with Crippen molar-refractivity contribution in [3.05, 3.63) is 56.4 Å². The Morgan fingerprint density at radius 1 is 1.33 bits per heavy atom. The fourth-order valence-electron chi connectivity index (χ4n) is 1.95. The van der Waals surface area contributed by atoms with Crippen LogP contribution in [0.2, 0.25) is 0 Å². The number of nitrogens with zero attached hydrogens (tertiary/aromatic N) is 1. The van der Waals surface area contributed by atoms with Gasteiger partial charge in [0.05, 0.1) is 6.54 Å². The fraction of sp³-hybridized carbons (Fsp3) is 0.357. The first-order valence-corrected chi connectivity index (χ1v) is 6.87. The molecule has 4 heteroatoms. The van der Waals surface area contributed by atoms with Crippen molar-refractivity contribution in [3.63, 3.8) is 0 Å². The minimum atomic E-state index is 0.0291. The molecule has 0 bridgehead atoms. The van der Waals surface area contributed by atoms with Crippen LogP contribution in [0, 0.1) is 5.92 Å². The highest BCUT2D eigenvalue weighted by Crippen LogP contribution is 2.16. The lowest BCUT2D eigenvalue weighted by Gasteiger charge is -2.05. The molecule has 0 unspecified atom stereocenters. The average molecular weight is 309 g/mol. The zero-order valence-electron chi connectivity index (χ0n) is 10.6. The van der Waals surface area contributed by atoms with E-state index in [1.807, 2.05) is 24.3 Å². The largest absolute Gasteiger partial charge is 0.299 e. The van der Waals surface area contributed by atoms with Gasteiger partial charge in [-0.15, -0.1) is 0 Å². The summed E-state index contributed by atoms with van der Waals surface area (Å²) in [6.45, 7) is 4.85. The van der Waals surface area contributed by atoms with Crippen LogP contribution in [0.4, 0.5) is 0 Å². The lowest BCUT2D eigenvalue weighted by molar-refractivity contribution is 0.602. The highest BCUT2D eigenvalue weighted by atomic mass is 79.9. The molecule has 0 fully saturated rings. The SMILES string of the molecule is CC(C)Cc1cc(=O)n(Cc2ccccc2Br)[nH]1. The van der Waals surface area contributed by atoms with E-state index in [9.17, 15) is 4.79 Å². The highest BCUT2D eigenvalue weighted by Gasteiger charge is 2.06. The molecule has 1 heterocycles. The normalized spacial score (nSPS) is 11.1. The molecule has 0 saturated heterocycles. The second kappa shape index (κ2) is 5.57. The Balaban J connectivity index is 2.22. The van der Waals surface area contributed by atoms with Gasteiger partial charge in [-0.2, -0.15) is 0 Å².